The SMILES string of the molecule is Nc1cc(Br)c(F)c(S(=O)(=O)NCCCS(N)(=O)=O)c1. The van der Waals surface area contributed by atoms with Crippen LogP contribution in [-0.2, 0) is 20.0 Å². The van der Waals surface area contributed by atoms with Crippen molar-refractivity contribution in [3.63, 3.8) is 0 Å². The van der Waals surface area contributed by atoms with Gasteiger partial charge in [-0.2, -0.15) is 0 Å². The molecule has 1 aromatic carbocycles. The van der Waals surface area contributed by atoms with E-state index >= 15 is 0 Å². The van der Waals surface area contributed by atoms with Crippen LogP contribution in [0.25, 0.3) is 0 Å². The molecule has 0 saturated carbocycles. The zero-order valence-corrected chi connectivity index (χ0v) is 13.4. The van der Waals surface area contributed by atoms with Gasteiger partial charge in [-0.05, 0) is 34.5 Å². The minimum Gasteiger partial charge on any atom is -0.399 e. The van der Waals surface area contributed by atoms with Crippen LogP contribution < -0.4 is 15.6 Å². The first-order valence-corrected chi connectivity index (χ1v) is 9.27. The Balaban J connectivity index is 2.85. The Hall–Kier alpha value is -0.750. The monoisotopic (exact) mass is 389 g/mol. The third-order valence-electron chi connectivity index (χ3n) is 2.20. The van der Waals surface area contributed by atoms with E-state index in [2.05, 4.69) is 20.7 Å². The van der Waals surface area contributed by atoms with Crippen LogP contribution in [0.5, 0.6) is 0 Å². The summed E-state index contributed by atoms with van der Waals surface area (Å²) >= 11 is 2.85. The lowest BCUT2D eigenvalue weighted by Crippen LogP contribution is -2.28. The number of nitrogens with two attached hydrogens (primary N) is 2. The average Bonchev–Trinajstić information content (AvgIpc) is 2.28. The van der Waals surface area contributed by atoms with Gasteiger partial charge in [-0.25, -0.2) is 31.1 Å². The van der Waals surface area contributed by atoms with Crippen molar-refractivity contribution in [1.82, 2.24) is 4.72 Å². The number of nitrogen functional groups attached to an aromatic ring is 1. The maximum Gasteiger partial charge on any atom is 0.243 e. The van der Waals surface area contributed by atoms with Crippen molar-refractivity contribution in [3.8, 4) is 0 Å². The summed E-state index contributed by atoms with van der Waals surface area (Å²) in [6.07, 6.45) is -0.0246. The summed E-state index contributed by atoms with van der Waals surface area (Å²) < 4.78 is 60.9. The smallest absolute Gasteiger partial charge is 0.243 e. The quantitative estimate of drug-likeness (QED) is 0.469. The Morgan fingerprint density at radius 3 is 2.40 bits per heavy atom. The second kappa shape index (κ2) is 6.35. The van der Waals surface area contributed by atoms with Crippen molar-refractivity contribution in [2.75, 3.05) is 18.0 Å². The first-order chi connectivity index (χ1) is 9.03. The highest BCUT2D eigenvalue weighted by atomic mass is 79.9. The van der Waals surface area contributed by atoms with E-state index in [-0.39, 0.29) is 28.9 Å². The molecular formula is C9H13BrFN3O4S2. The van der Waals surface area contributed by atoms with E-state index in [9.17, 15) is 21.2 Å². The zero-order chi connectivity index (χ0) is 15.6. The Labute approximate surface area is 124 Å². The number of rotatable bonds is 6. The van der Waals surface area contributed by atoms with Gasteiger partial charge in [0.05, 0.1) is 10.2 Å². The van der Waals surface area contributed by atoms with E-state index in [0.717, 1.165) is 6.07 Å². The van der Waals surface area contributed by atoms with Crippen LogP contribution in [0.3, 0.4) is 0 Å². The van der Waals surface area contributed by atoms with E-state index in [1.165, 1.54) is 6.07 Å². The van der Waals surface area contributed by atoms with Crippen molar-refractivity contribution in [2.45, 2.75) is 11.3 Å². The molecule has 0 aromatic heterocycles. The van der Waals surface area contributed by atoms with Crippen LogP contribution in [0.15, 0.2) is 21.5 Å². The number of nitrogens with one attached hydrogen (secondary N) is 1. The maximum atomic E-state index is 13.7. The zero-order valence-electron chi connectivity index (χ0n) is 10.1. The molecule has 0 bridgehead atoms. The van der Waals surface area contributed by atoms with Crippen LogP contribution in [0.4, 0.5) is 10.1 Å². The minimum atomic E-state index is -4.12. The molecule has 0 radical (unpaired) electrons. The lowest BCUT2D eigenvalue weighted by molar-refractivity contribution is 0.553. The predicted octanol–water partition coefficient (Wildman–Crippen LogP) is 0.127. The minimum absolute atomic E-state index is 0.0246. The third-order valence-corrected chi connectivity index (χ3v) is 5.10. The van der Waals surface area contributed by atoms with Crippen LogP contribution in [0.2, 0.25) is 0 Å². The molecule has 20 heavy (non-hydrogen) atoms. The van der Waals surface area contributed by atoms with Crippen LogP contribution in [0, 0.1) is 5.82 Å². The molecule has 0 atom stereocenters. The standard InChI is InChI=1S/C9H13BrFN3O4S2/c10-7-4-6(12)5-8(9(7)11)20(17,18)14-2-1-3-19(13,15)16/h4-5,14H,1-3,12H2,(H2,13,15,16). The largest absolute Gasteiger partial charge is 0.399 e. The first-order valence-electron chi connectivity index (χ1n) is 5.27. The van der Waals surface area contributed by atoms with E-state index in [4.69, 9.17) is 10.9 Å². The van der Waals surface area contributed by atoms with Crippen LogP contribution in [-0.4, -0.2) is 29.1 Å². The Bertz CT molecular complexity index is 706. The van der Waals surface area contributed by atoms with Gasteiger partial charge < -0.3 is 5.73 Å². The number of anilines is 1. The Morgan fingerprint density at radius 2 is 1.85 bits per heavy atom. The van der Waals surface area contributed by atoms with Crippen molar-refractivity contribution in [1.29, 1.82) is 0 Å². The second-order valence-electron chi connectivity index (χ2n) is 3.93. The van der Waals surface area contributed by atoms with Crippen molar-refractivity contribution in [2.24, 2.45) is 5.14 Å². The summed E-state index contributed by atoms with van der Waals surface area (Å²) in [5, 5.41) is 4.77. The number of primary sulfonamides is 1. The molecule has 0 aliphatic carbocycles. The molecule has 0 amide bonds. The summed E-state index contributed by atoms with van der Waals surface area (Å²) in [5.41, 5.74) is 5.52. The molecular weight excluding hydrogens is 377 g/mol. The summed E-state index contributed by atoms with van der Waals surface area (Å²) in [6.45, 7) is -0.190. The van der Waals surface area contributed by atoms with Gasteiger partial charge >= 0.3 is 0 Å². The molecule has 114 valence electrons. The highest BCUT2D eigenvalue weighted by Gasteiger charge is 2.21. The molecule has 5 N–H and O–H groups in total. The molecule has 11 heteroatoms. The Morgan fingerprint density at radius 1 is 1.25 bits per heavy atom. The van der Waals surface area contributed by atoms with Crippen molar-refractivity contribution < 1.29 is 21.2 Å². The topological polar surface area (TPSA) is 132 Å². The molecule has 0 aliphatic rings. The predicted molar refractivity (Wildman–Crippen MR) is 76.3 cm³/mol. The van der Waals surface area contributed by atoms with E-state index in [0.29, 0.717) is 0 Å². The lowest BCUT2D eigenvalue weighted by Gasteiger charge is -2.09. The van der Waals surface area contributed by atoms with Gasteiger partial charge in [-0.3, -0.25) is 0 Å². The number of hydrogen-bond donors (Lipinski definition) is 3. The van der Waals surface area contributed by atoms with Gasteiger partial charge in [0, 0.05) is 12.2 Å². The molecule has 0 aliphatic heterocycles. The fourth-order valence-electron chi connectivity index (χ4n) is 1.34. The van der Waals surface area contributed by atoms with Gasteiger partial charge in [0.15, 0.2) is 5.82 Å². The summed E-state index contributed by atoms with van der Waals surface area (Å²) in [4.78, 5) is -0.611. The van der Waals surface area contributed by atoms with Gasteiger partial charge in [-0.15, -0.1) is 0 Å². The molecule has 0 saturated heterocycles. The molecule has 1 aromatic rings. The number of benzene rings is 1. The summed E-state index contributed by atoms with van der Waals surface area (Å²) in [6, 6.07) is 2.21. The fourth-order valence-corrected chi connectivity index (χ4v) is 3.70. The first kappa shape index (κ1) is 17.3. The second-order valence-corrected chi connectivity index (χ2v) is 8.26. The highest BCUT2D eigenvalue weighted by molar-refractivity contribution is 9.10. The number of halogens is 2. The molecule has 0 heterocycles. The van der Waals surface area contributed by atoms with Crippen molar-refractivity contribution in [3.05, 3.63) is 22.4 Å². The summed E-state index contributed by atoms with van der Waals surface area (Å²) in [7, 11) is -7.79. The molecule has 0 unspecified atom stereocenters. The molecule has 1 rings (SSSR count). The van der Waals surface area contributed by atoms with Gasteiger partial charge in [0.1, 0.15) is 4.90 Å². The molecule has 0 fully saturated rings. The molecule has 7 nitrogen and oxygen atoms in total. The van der Waals surface area contributed by atoms with E-state index in [1.807, 2.05) is 0 Å². The summed E-state index contributed by atoms with van der Waals surface area (Å²) in [5.74, 6) is -1.35. The van der Waals surface area contributed by atoms with E-state index < -0.39 is 30.8 Å². The van der Waals surface area contributed by atoms with Gasteiger partial charge in [-0.1, -0.05) is 0 Å². The number of sulfonamides is 2. The Kier molecular flexibility index (Phi) is 5.49. The maximum absolute atomic E-state index is 13.7. The van der Waals surface area contributed by atoms with Crippen LogP contribution in [0.1, 0.15) is 6.42 Å². The van der Waals surface area contributed by atoms with E-state index in [1.54, 1.807) is 0 Å². The highest BCUT2D eigenvalue weighted by Crippen LogP contribution is 2.25. The van der Waals surface area contributed by atoms with Crippen LogP contribution >= 0.6 is 15.9 Å². The van der Waals surface area contributed by atoms with Gasteiger partial charge in [0.2, 0.25) is 20.0 Å². The normalized spacial score (nSPS) is 12.6. The number of hydrogen-bond acceptors (Lipinski definition) is 5. The molecule has 0 spiro atoms. The third kappa shape index (κ3) is 4.98. The van der Waals surface area contributed by atoms with Gasteiger partial charge in [0.25, 0.3) is 0 Å². The van der Waals surface area contributed by atoms with Crippen molar-refractivity contribution >= 4 is 41.7 Å². The lowest BCUT2D eigenvalue weighted by atomic mass is 10.3. The fraction of sp³-hybridized carbons (Fsp3) is 0.333. The average molecular weight is 390 g/mol.